The molecule has 9 heteroatoms. The van der Waals surface area contributed by atoms with Crippen LogP contribution in [-0.2, 0) is 4.79 Å². The maximum absolute atomic E-state index is 11.1. The molecule has 0 radical (unpaired) electrons. The van der Waals surface area contributed by atoms with E-state index in [2.05, 4.69) is 10.1 Å². The first-order valence-electron chi connectivity index (χ1n) is 5.91. The van der Waals surface area contributed by atoms with Crippen molar-refractivity contribution >= 4 is 11.7 Å². The molecular weight excluding hydrogens is 282 g/mol. The van der Waals surface area contributed by atoms with Gasteiger partial charge in [0, 0.05) is 18.6 Å². The van der Waals surface area contributed by atoms with Gasteiger partial charge in [0.15, 0.2) is 5.75 Å². The second kappa shape index (κ2) is 5.99. The van der Waals surface area contributed by atoms with Gasteiger partial charge in [0.25, 0.3) is 0 Å². The van der Waals surface area contributed by atoms with Gasteiger partial charge in [0.05, 0.1) is 18.0 Å². The zero-order chi connectivity index (χ0) is 15.4. The van der Waals surface area contributed by atoms with Crippen LogP contribution in [0.3, 0.4) is 0 Å². The molecular formula is C12H11N3O6. The molecule has 2 rings (SSSR count). The Bertz CT molecular complexity index is 681. The molecule has 0 spiro atoms. The lowest BCUT2D eigenvalue weighted by atomic mass is 10.2. The monoisotopic (exact) mass is 293 g/mol. The summed E-state index contributed by atoms with van der Waals surface area (Å²) in [4.78, 5) is 24.8. The highest BCUT2D eigenvalue weighted by molar-refractivity contribution is 5.67. The number of hydrogen-bond donors (Lipinski definition) is 1. The van der Waals surface area contributed by atoms with E-state index in [9.17, 15) is 14.9 Å². The molecule has 1 heterocycles. The Hall–Kier alpha value is -2.97. The van der Waals surface area contributed by atoms with E-state index in [4.69, 9.17) is 14.4 Å². The van der Waals surface area contributed by atoms with Crippen LogP contribution < -0.4 is 4.74 Å². The second-order valence-electron chi connectivity index (χ2n) is 4.07. The van der Waals surface area contributed by atoms with Gasteiger partial charge in [0.1, 0.15) is 0 Å². The van der Waals surface area contributed by atoms with Crippen molar-refractivity contribution in [2.45, 2.75) is 13.3 Å². The van der Waals surface area contributed by atoms with Crippen LogP contribution in [0.5, 0.6) is 5.75 Å². The third-order valence-corrected chi connectivity index (χ3v) is 2.51. The topological polar surface area (TPSA) is 129 Å². The quantitative estimate of drug-likeness (QED) is 0.630. The van der Waals surface area contributed by atoms with Gasteiger partial charge in [-0.2, -0.15) is 4.98 Å². The van der Waals surface area contributed by atoms with E-state index in [1.54, 1.807) is 6.92 Å². The predicted octanol–water partition coefficient (Wildman–Crippen LogP) is 1.81. The number of aromatic nitrogens is 2. The predicted molar refractivity (Wildman–Crippen MR) is 68.9 cm³/mol. The fraction of sp³-hybridized carbons (Fsp3) is 0.250. The maximum atomic E-state index is 11.1. The van der Waals surface area contributed by atoms with Crippen LogP contribution in [0.25, 0.3) is 11.4 Å². The molecule has 1 aromatic carbocycles. The molecule has 0 amide bonds. The van der Waals surface area contributed by atoms with Crippen LogP contribution >= 0.6 is 0 Å². The number of nitro groups is 1. The van der Waals surface area contributed by atoms with Crippen molar-refractivity contribution in [3.05, 3.63) is 34.2 Å². The highest BCUT2D eigenvalue weighted by Gasteiger charge is 2.18. The first-order chi connectivity index (χ1) is 9.97. The number of aryl methyl sites for hydroxylation is 1. The highest BCUT2D eigenvalue weighted by atomic mass is 16.6. The summed E-state index contributed by atoms with van der Waals surface area (Å²) in [5.41, 5.74) is 0.115. The Balaban J connectivity index is 2.26. The molecule has 9 nitrogen and oxygen atoms in total. The van der Waals surface area contributed by atoms with E-state index in [1.807, 2.05) is 0 Å². The first kappa shape index (κ1) is 14.4. The Labute approximate surface area is 118 Å². The van der Waals surface area contributed by atoms with E-state index in [1.165, 1.54) is 18.2 Å². The van der Waals surface area contributed by atoms with Gasteiger partial charge in [-0.25, -0.2) is 0 Å². The average molecular weight is 293 g/mol. The van der Waals surface area contributed by atoms with Gasteiger partial charge < -0.3 is 14.4 Å². The smallest absolute Gasteiger partial charge is 0.311 e. The highest BCUT2D eigenvalue weighted by Crippen LogP contribution is 2.31. The molecule has 110 valence electrons. The van der Waals surface area contributed by atoms with Gasteiger partial charge >= 0.3 is 11.7 Å². The number of carboxylic acid groups (broad SMARTS) is 1. The molecule has 2 aromatic rings. The van der Waals surface area contributed by atoms with Crippen LogP contribution in [0.1, 0.15) is 12.3 Å². The van der Waals surface area contributed by atoms with Gasteiger partial charge in [-0.3, -0.25) is 14.9 Å². The van der Waals surface area contributed by atoms with E-state index in [0.717, 1.165) is 0 Å². The average Bonchev–Trinajstić information content (AvgIpc) is 2.85. The van der Waals surface area contributed by atoms with Crippen molar-refractivity contribution in [3.63, 3.8) is 0 Å². The SMILES string of the molecule is Cc1nc(-c2ccc(OCCC(=O)O)c([N+](=O)[O-])c2)no1. The molecule has 1 N–H and O–H groups in total. The standard InChI is InChI=1S/C12H11N3O6/c1-7-13-12(14-21-7)8-2-3-10(9(6-8)15(18)19)20-5-4-11(16)17/h2-3,6H,4-5H2,1H3,(H,16,17). The van der Waals surface area contributed by atoms with Crippen LogP contribution in [-0.4, -0.2) is 32.7 Å². The molecule has 0 aliphatic rings. The lowest BCUT2D eigenvalue weighted by molar-refractivity contribution is -0.385. The van der Waals surface area contributed by atoms with E-state index in [0.29, 0.717) is 11.5 Å². The number of benzene rings is 1. The maximum Gasteiger partial charge on any atom is 0.311 e. The summed E-state index contributed by atoms with van der Waals surface area (Å²) in [6.07, 6.45) is -0.247. The van der Waals surface area contributed by atoms with Crippen molar-refractivity contribution in [3.8, 4) is 17.1 Å². The summed E-state index contributed by atoms with van der Waals surface area (Å²) in [5, 5.41) is 23.3. The molecule has 0 atom stereocenters. The summed E-state index contributed by atoms with van der Waals surface area (Å²) >= 11 is 0. The zero-order valence-corrected chi connectivity index (χ0v) is 11.0. The minimum atomic E-state index is -1.04. The van der Waals surface area contributed by atoms with Crippen molar-refractivity contribution in [2.75, 3.05) is 6.61 Å². The zero-order valence-electron chi connectivity index (χ0n) is 11.0. The van der Waals surface area contributed by atoms with Gasteiger partial charge in [-0.15, -0.1) is 0 Å². The summed E-state index contributed by atoms with van der Waals surface area (Å²) in [5.74, 6) is -0.483. The number of hydrogen-bond acceptors (Lipinski definition) is 7. The number of ether oxygens (including phenoxy) is 1. The van der Waals surface area contributed by atoms with Crippen molar-refractivity contribution < 1.29 is 24.1 Å². The lowest BCUT2D eigenvalue weighted by Gasteiger charge is -2.06. The molecule has 0 saturated heterocycles. The van der Waals surface area contributed by atoms with Crippen LogP contribution in [0.15, 0.2) is 22.7 Å². The van der Waals surface area contributed by atoms with E-state index >= 15 is 0 Å². The van der Waals surface area contributed by atoms with Gasteiger partial charge in [-0.1, -0.05) is 5.16 Å². The molecule has 0 aliphatic heterocycles. The van der Waals surface area contributed by atoms with E-state index in [-0.39, 0.29) is 30.3 Å². The van der Waals surface area contributed by atoms with Crippen LogP contribution in [0, 0.1) is 17.0 Å². The second-order valence-corrected chi connectivity index (χ2v) is 4.07. The Morgan fingerprint density at radius 3 is 2.86 bits per heavy atom. The normalized spacial score (nSPS) is 10.3. The Morgan fingerprint density at radius 2 is 2.29 bits per heavy atom. The van der Waals surface area contributed by atoms with Gasteiger partial charge in [0.2, 0.25) is 11.7 Å². The van der Waals surface area contributed by atoms with Crippen molar-refractivity contribution in [1.82, 2.24) is 10.1 Å². The van der Waals surface area contributed by atoms with E-state index < -0.39 is 10.9 Å². The molecule has 0 fully saturated rings. The lowest BCUT2D eigenvalue weighted by Crippen LogP contribution is -2.06. The summed E-state index contributed by atoms with van der Waals surface area (Å²) < 4.78 is 9.93. The Kier molecular flexibility index (Phi) is 4.12. The first-order valence-corrected chi connectivity index (χ1v) is 5.91. The Morgan fingerprint density at radius 1 is 1.52 bits per heavy atom. The van der Waals surface area contributed by atoms with Crippen molar-refractivity contribution in [2.24, 2.45) is 0 Å². The largest absolute Gasteiger partial charge is 0.486 e. The number of rotatable bonds is 6. The fourth-order valence-electron chi connectivity index (χ4n) is 1.59. The molecule has 0 unspecified atom stereocenters. The molecule has 21 heavy (non-hydrogen) atoms. The third-order valence-electron chi connectivity index (χ3n) is 2.51. The summed E-state index contributed by atoms with van der Waals surface area (Å²) in [7, 11) is 0. The molecule has 0 saturated carbocycles. The number of nitro benzene ring substituents is 1. The third kappa shape index (κ3) is 3.53. The van der Waals surface area contributed by atoms with Gasteiger partial charge in [-0.05, 0) is 12.1 Å². The number of nitrogens with zero attached hydrogens (tertiary/aromatic N) is 3. The summed E-state index contributed by atoms with van der Waals surface area (Å²) in [6, 6.07) is 4.16. The summed E-state index contributed by atoms with van der Waals surface area (Å²) in [6.45, 7) is 1.45. The number of carbonyl (C=O) groups is 1. The molecule has 0 bridgehead atoms. The van der Waals surface area contributed by atoms with Crippen molar-refractivity contribution in [1.29, 1.82) is 0 Å². The van der Waals surface area contributed by atoms with Crippen LogP contribution in [0.4, 0.5) is 5.69 Å². The fourth-order valence-corrected chi connectivity index (χ4v) is 1.59. The van der Waals surface area contributed by atoms with Crippen LogP contribution in [0.2, 0.25) is 0 Å². The minimum absolute atomic E-state index is 0.00906. The molecule has 1 aromatic heterocycles. The number of aliphatic carboxylic acids is 1. The molecule has 0 aliphatic carbocycles. The minimum Gasteiger partial charge on any atom is -0.486 e. The number of carboxylic acids is 1.